The predicted octanol–water partition coefficient (Wildman–Crippen LogP) is 3.72. The molecule has 112 valence electrons. The van der Waals surface area contributed by atoms with Crippen molar-refractivity contribution < 1.29 is 0 Å². The first-order valence-electron chi connectivity index (χ1n) is 7.46. The average molecular weight is 296 g/mol. The molecule has 1 fully saturated rings. The lowest BCUT2D eigenvalue weighted by Gasteiger charge is -2.39. The topological polar surface area (TPSA) is 28.2 Å². The minimum Gasteiger partial charge on any atom is -0.355 e. The highest BCUT2D eigenvalue weighted by Crippen LogP contribution is 2.36. The minimum atomic E-state index is 0.403. The summed E-state index contributed by atoms with van der Waals surface area (Å²) in [6.45, 7) is 9.93. The number of halogens is 1. The van der Waals surface area contributed by atoms with E-state index in [1.54, 1.807) is 0 Å². The zero-order valence-corrected chi connectivity index (χ0v) is 13.8. The van der Waals surface area contributed by atoms with Gasteiger partial charge >= 0.3 is 0 Å². The molecule has 2 rings (SSSR count). The maximum Gasteiger partial charge on any atom is 0.147 e. The number of hydrogen-bond acceptors (Lipinski definition) is 3. The maximum absolute atomic E-state index is 6.39. The Morgan fingerprint density at radius 1 is 1.35 bits per heavy atom. The summed E-state index contributed by atoms with van der Waals surface area (Å²) in [7, 11) is 1.93. The van der Waals surface area contributed by atoms with Gasteiger partial charge in [0, 0.05) is 25.8 Å². The molecule has 1 N–H and O–H groups in total. The lowest BCUT2D eigenvalue weighted by molar-refractivity contribution is 0.198. The molecule has 1 aliphatic rings. The van der Waals surface area contributed by atoms with Crippen LogP contribution in [-0.2, 0) is 6.54 Å². The number of hydrogen-bond donors (Lipinski definition) is 1. The zero-order chi connectivity index (χ0) is 14.8. The van der Waals surface area contributed by atoms with E-state index in [1.807, 2.05) is 19.3 Å². The van der Waals surface area contributed by atoms with Gasteiger partial charge < -0.3 is 10.2 Å². The van der Waals surface area contributed by atoms with Gasteiger partial charge in [-0.05, 0) is 42.9 Å². The highest BCUT2D eigenvalue weighted by molar-refractivity contribution is 6.33. The second kappa shape index (κ2) is 6.31. The van der Waals surface area contributed by atoms with Crippen LogP contribution in [-0.4, -0.2) is 25.1 Å². The number of anilines is 1. The van der Waals surface area contributed by atoms with Gasteiger partial charge in [0.1, 0.15) is 5.82 Å². The fourth-order valence-electron chi connectivity index (χ4n) is 2.96. The number of aromatic nitrogens is 1. The third-order valence-corrected chi connectivity index (χ3v) is 4.56. The van der Waals surface area contributed by atoms with Crippen molar-refractivity contribution in [2.75, 3.05) is 25.0 Å². The summed E-state index contributed by atoms with van der Waals surface area (Å²) in [5, 5.41) is 3.89. The van der Waals surface area contributed by atoms with Crippen molar-refractivity contribution in [1.29, 1.82) is 0 Å². The van der Waals surface area contributed by atoms with Gasteiger partial charge in [-0.3, -0.25) is 0 Å². The van der Waals surface area contributed by atoms with Gasteiger partial charge in [-0.2, -0.15) is 0 Å². The fourth-order valence-corrected chi connectivity index (χ4v) is 3.27. The average Bonchev–Trinajstić information content (AvgIpc) is 2.38. The molecule has 0 amide bonds. The largest absolute Gasteiger partial charge is 0.355 e. The monoisotopic (exact) mass is 295 g/mol. The van der Waals surface area contributed by atoms with Gasteiger partial charge in [-0.25, -0.2) is 4.98 Å². The third kappa shape index (κ3) is 3.64. The van der Waals surface area contributed by atoms with Gasteiger partial charge in [0.05, 0.1) is 5.02 Å². The van der Waals surface area contributed by atoms with Crippen LogP contribution in [0.25, 0.3) is 0 Å². The Morgan fingerprint density at radius 3 is 2.50 bits per heavy atom. The summed E-state index contributed by atoms with van der Waals surface area (Å²) < 4.78 is 0. The maximum atomic E-state index is 6.39. The normalized spacial score (nSPS) is 17.6. The smallest absolute Gasteiger partial charge is 0.147 e. The molecule has 20 heavy (non-hydrogen) atoms. The molecule has 0 aliphatic carbocycles. The molecule has 0 unspecified atom stereocenters. The molecule has 1 saturated heterocycles. The van der Waals surface area contributed by atoms with Gasteiger partial charge in [0.25, 0.3) is 0 Å². The molecule has 0 aromatic carbocycles. The molecule has 1 aromatic rings. The van der Waals surface area contributed by atoms with Crippen LogP contribution < -0.4 is 10.2 Å². The molecule has 0 spiro atoms. The molecular weight excluding hydrogens is 270 g/mol. The van der Waals surface area contributed by atoms with Crippen LogP contribution >= 0.6 is 11.6 Å². The fraction of sp³-hybridized carbons (Fsp3) is 0.688. The number of nitrogens with one attached hydrogen (secondary N) is 1. The molecule has 0 atom stereocenters. The van der Waals surface area contributed by atoms with Crippen LogP contribution in [0.5, 0.6) is 0 Å². The summed E-state index contributed by atoms with van der Waals surface area (Å²) in [4.78, 5) is 6.89. The Kier molecular flexibility index (Phi) is 4.92. The van der Waals surface area contributed by atoms with Gasteiger partial charge in [-0.15, -0.1) is 0 Å². The lowest BCUT2D eigenvalue weighted by Crippen LogP contribution is -2.38. The van der Waals surface area contributed by atoms with Crippen molar-refractivity contribution >= 4 is 17.4 Å². The van der Waals surface area contributed by atoms with Crippen molar-refractivity contribution in [1.82, 2.24) is 10.3 Å². The van der Waals surface area contributed by atoms with Gasteiger partial charge in [0.2, 0.25) is 0 Å². The molecule has 4 heteroatoms. The molecular formula is C16H26ClN3. The van der Waals surface area contributed by atoms with Crippen LogP contribution in [0.2, 0.25) is 5.02 Å². The van der Waals surface area contributed by atoms with E-state index in [0.717, 1.165) is 42.0 Å². The van der Waals surface area contributed by atoms with Crippen LogP contribution in [0.1, 0.15) is 39.2 Å². The van der Waals surface area contributed by atoms with Crippen LogP contribution in [0.15, 0.2) is 12.3 Å². The van der Waals surface area contributed by atoms with Crippen LogP contribution in [0.3, 0.4) is 0 Å². The summed E-state index contributed by atoms with van der Waals surface area (Å²) in [6, 6.07) is 2.02. The number of rotatable bonds is 3. The first-order chi connectivity index (χ1) is 9.41. The third-order valence-electron chi connectivity index (χ3n) is 4.28. The van der Waals surface area contributed by atoms with Crippen molar-refractivity contribution in [3.63, 3.8) is 0 Å². The molecule has 0 bridgehead atoms. The quantitative estimate of drug-likeness (QED) is 0.921. The molecule has 2 heterocycles. The molecule has 3 nitrogen and oxygen atoms in total. The lowest BCUT2D eigenvalue weighted by atomic mass is 9.75. The Morgan fingerprint density at radius 2 is 2.00 bits per heavy atom. The van der Waals surface area contributed by atoms with Crippen molar-refractivity contribution in [3.05, 3.63) is 22.8 Å². The van der Waals surface area contributed by atoms with E-state index in [2.05, 4.69) is 36.0 Å². The first kappa shape index (κ1) is 15.6. The molecule has 0 radical (unpaired) electrons. The second-order valence-electron chi connectivity index (χ2n) is 6.81. The Hall–Kier alpha value is -0.800. The molecule has 1 aliphatic heterocycles. The van der Waals surface area contributed by atoms with Crippen molar-refractivity contribution in [3.8, 4) is 0 Å². The van der Waals surface area contributed by atoms with Crippen LogP contribution in [0, 0.1) is 11.3 Å². The SMILES string of the molecule is CNCc1cnc(N2CCC(C(C)(C)C)CC2)c(Cl)c1. The van der Waals surface area contributed by atoms with E-state index >= 15 is 0 Å². The molecule has 1 aromatic heterocycles. The van der Waals surface area contributed by atoms with Crippen molar-refractivity contribution in [2.24, 2.45) is 11.3 Å². The zero-order valence-electron chi connectivity index (χ0n) is 13.0. The van der Waals surface area contributed by atoms with Crippen LogP contribution in [0.4, 0.5) is 5.82 Å². The molecule has 0 saturated carbocycles. The number of piperidine rings is 1. The van der Waals surface area contributed by atoms with Gasteiger partial charge in [0.15, 0.2) is 0 Å². The summed E-state index contributed by atoms with van der Waals surface area (Å²) in [5.74, 6) is 1.74. The van der Waals surface area contributed by atoms with Gasteiger partial charge in [-0.1, -0.05) is 32.4 Å². The summed E-state index contributed by atoms with van der Waals surface area (Å²) in [6.07, 6.45) is 4.37. The van der Waals surface area contributed by atoms with E-state index in [0.29, 0.717) is 5.41 Å². The summed E-state index contributed by atoms with van der Waals surface area (Å²) in [5.41, 5.74) is 1.53. The standard InChI is InChI=1S/C16H26ClN3/c1-16(2,3)13-5-7-20(8-6-13)15-14(17)9-12(10-18-4)11-19-15/h9,11,13,18H,5-8,10H2,1-4H3. The first-order valence-corrected chi connectivity index (χ1v) is 7.83. The van der Waals surface area contributed by atoms with Crippen molar-refractivity contribution in [2.45, 2.75) is 40.2 Å². The van der Waals surface area contributed by atoms with E-state index in [1.165, 1.54) is 12.8 Å². The highest BCUT2D eigenvalue weighted by atomic mass is 35.5. The van der Waals surface area contributed by atoms with E-state index in [4.69, 9.17) is 11.6 Å². The number of nitrogens with zero attached hydrogens (tertiary/aromatic N) is 2. The van der Waals surface area contributed by atoms with E-state index in [9.17, 15) is 0 Å². The highest BCUT2D eigenvalue weighted by Gasteiger charge is 2.29. The minimum absolute atomic E-state index is 0.403. The summed E-state index contributed by atoms with van der Waals surface area (Å²) >= 11 is 6.39. The Labute approximate surface area is 127 Å². The Bertz CT molecular complexity index is 446. The second-order valence-corrected chi connectivity index (χ2v) is 7.21. The Balaban J connectivity index is 2.03. The predicted molar refractivity (Wildman–Crippen MR) is 86.4 cm³/mol. The van der Waals surface area contributed by atoms with E-state index in [-0.39, 0.29) is 0 Å². The number of pyridine rings is 1. The van der Waals surface area contributed by atoms with E-state index < -0.39 is 0 Å².